The lowest BCUT2D eigenvalue weighted by molar-refractivity contribution is -0.149. The van der Waals surface area contributed by atoms with Crippen LogP contribution < -0.4 is 16.0 Å². The van der Waals surface area contributed by atoms with Gasteiger partial charge < -0.3 is 25.4 Å². The summed E-state index contributed by atoms with van der Waals surface area (Å²) >= 11 is 0. The van der Waals surface area contributed by atoms with E-state index in [9.17, 15) is 14.7 Å². The van der Waals surface area contributed by atoms with E-state index in [2.05, 4.69) is 4.98 Å². The number of aromatic nitrogens is 2. The maximum atomic E-state index is 12.8. The number of hydrogen-bond acceptors (Lipinski definition) is 7. The molecule has 4 N–H and O–H groups in total. The quantitative estimate of drug-likeness (QED) is 0.244. The molecule has 0 saturated heterocycles. The molecule has 3 aromatic carbocycles. The van der Waals surface area contributed by atoms with Gasteiger partial charge in [0.25, 0.3) is 5.56 Å². The van der Waals surface area contributed by atoms with Gasteiger partial charge in [0.05, 0.1) is 30.1 Å². The normalized spacial score (nSPS) is 12.3. The number of carboxylic acids is 1. The number of hydrogen-bond donors (Lipinski definition) is 3. The molecule has 0 aliphatic rings. The molecule has 212 valence electrons. The predicted molar refractivity (Wildman–Crippen MR) is 155 cm³/mol. The standard InChI is InChI=1S/C23H26N2O5.C8H11NO/c1-3-21-24-19-8-6-5-7-18(19)22(26)25(21)13-14-30-17-11-9-16(10-12-17)15-20(23(27)28)29-4-2;9-8(6-10)7-4-2-1-3-5-7/h5-12,20H,3-4,13-15H2,1-2H3,(H,27,28);1-5,8,10H,6,9H2/t20-;/m1./s1. The summed E-state index contributed by atoms with van der Waals surface area (Å²) in [4.78, 5) is 28.6. The maximum Gasteiger partial charge on any atom is 0.333 e. The Morgan fingerprint density at radius 1 is 1.00 bits per heavy atom. The second-order valence-electron chi connectivity index (χ2n) is 9.03. The molecule has 0 aliphatic heterocycles. The van der Waals surface area contributed by atoms with Gasteiger partial charge in [-0.2, -0.15) is 0 Å². The first-order chi connectivity index (χ1) is 19.4. The van der Waals surface area contributed by atoms with Crippen molar-refractivity contribution in [2.45, 2.75) is 45.4 Å². The number of aryl methyl sites for hydroxylation is 1. The van der Waals surface area contributed by atoms with E-state index in [1.807, 2.05) is 67.6 Å². The van der Waals surface area contributed by atoms with Crippen molar-refractivity contribution < 1.29 is 24.5 Å². The number of nitrogens with zero attached hydrogens (tertiary/aromatic N) is 2. The number of fused-ring (bicyclic) bond motifs is 1. The van der Waals surface area contributed by atoms with Gasteiger partial charge >= 0.3 is 5.97 Å². The van der Waals surface area contributed by atoms with E-state index >= 15 is 0 Å². The summed E-state index contributed by atoms with van der Waals surface area (Å²) in [5.74, 6) is 0.411. The molecule has 40 heavy (non-hydrogen) atoms. The summed E-state index contributed by atoms with van der Waals surface area (Å²) in [5.41, 5.74) is 8.02. The van der Waals surface area contributed by atoms with E-state index in [0.29, 0.717) is 49.3 Å². The number of aliphatic hydroxyl groups excluding tert-OH is 1. The summed E-state index contributed by atoms with van der Waals surface area (Å²) in [6, 6.07) is 23.9. The molecule has 1 aromatic heterocycles. The highest BCUT2D eigenvalue weighted by molar-refractivity contribution is 5.77. The molecule has 0 saturated carbocycles. The second-order valence-corrected chi connectivity index (χ2v) is 9.03. The third-order valence-corrected chi connectivity index (χ3v) is 6.25. The van der Waals surface area contributed by atoms with Gasteiger partial charge in [-0.1, -0.05) is 61.5 Å². The first-order valence-electron chi connectivity index (χ1n) is 13.3. The Kier molecular flexibility index (Phi) is 11.8. The number of aliphatic hydroxyl groups is 1. The lowest BCUT2D eigenvalue weighted by Crippen LogP contribution is -2.27. The van der Waals surface area contributed by atoms with Crippen LogP contribution in [0.3, 0.4) is 0 Å². The minimum absolute atomic E-state index is 0.00398. The fourth-order valence-electron chi connectivity index (χ4n) is 4.13. The number of para-hydroxylation sites is 1. The van der Waals surface area contributed by atoms with Gasteiger partial charge in [0.15, 0.2) is 6.10 Å². The highest BCUT2D eigenvalue weighted by atomic mass is 16.5. The van der Waals surface area contributed by atoms with Gasteiger partial charge in [-0.25, -0.2) is 9.78 Å². The number of carbonyl (C=O) groups is 1. The maximum absolute atomic E-state index is 12.8. The summed E-state index contributed by atoms with van der Waals surface area (Å²) in [6.45, 7) is 4.81. The highest BCUT2D eigenvalue weighted by Crippen LogP contribution is 2.15. The van der Waals surface area contributed by atoms with E-state index in [4.69, 9.17) is 20.3 Å². The minimum atomic E-state index is -0.974. The van der Waals surface area contributed by atoms with Gasteiger partial charge in [-0.3, -0.25) is 9.36 Å². The van der Waals surface area contributed by atoms with E-state index in [0.717, 1.165) is 17.0 Å². The fourth-order valence-corrected chi connectivity index (χ4v) is 4.13. The van der Waals surface area contributed by atoms with Crippen LogP contribution in [0.5, 0.6) is 5.75 Å². The number of nitrogens with two attached hydrogens (primary N) is 1. The monoisotopic (exact) mass is 547 g/mol. The molecule has 1 heterocycles. The van der Waals surface area contributed by atoms with Crippen LogP contribution in [0.25, 0.3) is 10.9 Å². The first kappa shape index (κ1) is 30.5. The molecule has 4 aromatic rings. The van der Waals surface area contributed by atoms with Crippen molar-refractivity contribution in [2.75, 3.05) is 19.8 Å². The molecule has 0 amide bonds. The number of benzene rings is 3. The van der Waals surface area contributed by atoms with Gasteiger partial charge in [0.1, 0.15) is 18.2 Å². The zero-order valence-corrected chi connectivity index (χ0v) is 22.9. The van der Waals surface area contributed by atoms with Crippen LogP contribution >= 0.6 is 0 Å². The Hall–Kier alpha value is -4.05. The number of aliphatic carboxylic acids is 1. The van der Waals surface area contributed by atoms with E-state index < -0.39 is 12.1 Å². The molecule has 0 bridgehead atoms. The average molecular weight is 548 g/mol. The van der Waals surface area contributed by atoms with E-state index in [1.54, 1.807) is 29.7 Å². The van der Waals surface area contributed by atoms with Gasteiger partial charge in [-0.15, -0.1) is 0 Å². The van der Waals surface area contributed by atoms with E-state index in [-0.39, 0.29) is 18.2 Å². The van der Waals surface area contributed by atoms with Crippen molar-refractivity contribution >= 4 is 16.9 Å². The number of rotatable bonds is 12. The Morgan fingerprint density at radius 2 is 1.68 bits per heavy atom. The van der Waals surface area contributed by atoms with Gasteiger partial charge in [0, 0.05) is 19.4 Å². The molecular weight excluding hydrogens is 510 g/mol. The number of ether oxygens (including phenoxy) is 2. The van der Waals surface area contributed by atoms with Gasteiger partial charge in [0.2, 0.25) is 0 Å². The average Bonchev–Trinajstić information content (AvgIpc) is 2.99. The Labute approximate surface area is 233 Å². The van der Waals surface area contributed by atoms with Crippen molar-refractivity contribution in [2.24, 2.45) is 5.73 Å². The topological polar surface area (TPSA) is 137 Å². The summed E-state index contributed by atoms with van der Waals surface area (Å²) < 4.78 is 12.7. The van der Waals surface area contributed by atoms with Crippen molar-refractivity contribution in [3.05, 3.63) is 106 Å². The molecule has 0 aliphatic carbocycles. The first-order valence-corrected chi connectivity index (χ1v) is 13.3. The van der Waals surface area contributed by atoms with Crippen molar-refractivity contribution in [3.63, 3.8) is 0 Å². The molecule has 0 radical (unpaired) electrons. The molecule has 4 rings (SSSR count). The summed E-state index contributed by atoms with van der Waals surface area (Å²) in [6.07, 6.45) is 0.0855. The Balaban J connectivity index is 0.000000371. The Morgan fingerprint density at radius 3 is 2.30 bits per heavy atom. The molecule has 9 heteroatoms. The van der Waals surface area contributed by atoms with Crippen LogP contribution in [0, 0.1) is 0 Å². The molecule has 0 fully saturated rings. The smallest absolute Gasteiger partial charge is 0.333 e. The third-order valence-electron chi connectivity index (χ3n) is 6.25. The van der Waals surface area contributed by atoms with Crippen LogP contribution in [0.2, 0.25) is 0 Å². The number of carboxylic acid groups (broad SMARTS) is 1. The Bertz CT molecular complexity index is 1410. The predicted octanol–water partition coefficient (Wildman–Crippen LogP) is 3.75. The SMILES string of the molecule is CCO[C@H](Cc1ccc(OCCn2c(CC)nc3ccccc3c2=O)cc1)C(=O)O.NC(CO)c1ccccc1. The highest BCUT2D eigenvalue weighted by Gasteiger charge is 2.18. The summed E-state index contributed by atoms with van der Waals surface area (Å²) in [7, 11) is 0. The summed E-state index contributed by atoms with van der Waals surface area (Å²) in [5, 5.41) is 18.5. The molecule has 9 nitrogen and oxygen atoms in total. The zero-order valence-electron chi connectivity index (χ0n) is 22.9. The molecule has 0 spiro atoms. The van der Waals surface area contributed by atoms with Crippen molar-refractivity contribution in [1.29, 1.82) is 0 Å². The molecule has 1 unspecified atom stereocenters. The lowest BCUT2D eigenvalue weighted by atomic mass is 10.1. The second kappa shape index (κ2) is 15.5. The van der Waals surface area contributed by atoms with Crippen molar-refractivity contribution in [3.8, 4) is 5.75 Å². The zero-order chi connectivity index (χ0) is 28.9. The van der Waals surface area contributed by atoms with E-state index in [1.165, 1.54) is 0 Å². The lowest BCUT2D eigenvalue weighted by Gasteiger charge is -2.14. The van der Waals surface area contributed by atoms with Crippen LogP contribution in [0.4, 0.5) is 0 Å². The largest absolute Gasteiger partial charge is 0.492 e. The minimum Gasteiger partial charge on any atom is -0.492 e. The van der Waals surface area contributed by atoms with Crippen molar-refractivity contribution in [1.82, 2.24) is 9.55 Å². The van der Waals surface area contributed by atoms with Gasteiger partial charge in [-0.05, 0) is 42.3 Å². The fraction of sp³-hybridized carbons (Fsp3) is 0.323. The molecule has 2 atom stereocenters. The third kappa shape index (κ3) is 8.47. The van der Waals surface area contributed by atoms with Crippen LogP contribution in [0.15, 0.2) is 83.7 Å². The van der Waals surface area contributed by atoms with Crippen LogP contribution in [-0.4, -0.2) is 51.7 Å². The van der Waals surface area contributed by atoms with Crippen LogP contribution in [-0.2, 0) is 28.9 Å². The van der Waals surface area contributed by atoms with Crippen LogP contribution in [0.1, 0.15) is 36.8 Å². The molecular formula is C31H37N3O6.